The van der Waals surface area contributed by atoms with E-state index in [9.17, 15) is 14.4 Å². The van der Waals surface area contributed by atoms with Crippen molar-refractivity contribution in [3.63, 3.8) is 0 Å². The number of nitriles is 1. The SMILES string of the molecule is COC(=O)C1(n2cnc3c2c(=O)n(CC#N)c(=O)n3C)CC1. The Bertz CT molecular complexity index is 938. The number of hydrogen-bond acceptors (Lipinski definition) is 6. The topological polar surface area (TPSA) is 112 Å². The van der Waals surface area contributed by atoms with Gasteiger partial charge in [-0.2, -0.15) is 5.26 Å². The smallest absolute Gasteiger partial charge is 0.333 e. The minimum Gasteiger partial charge on any atom is -0.467 e. The molecule has 9 nitrogen and oxygen atoms in total. The molecule has 1 saturated carbocycles. The van der Waals surface area contributed by atoms with Gasteiger partial charge in [0.25, 0.3) is 5.56 Å². The third kappa shape index (κ3) is 1.64. The largest absolute Gasteiger partial charge is 0.467 e. The highest BCUT2D eigenvalue weighted by Gasteiger charge is 2.54. The fourth-order valence-electron chi connectivity index (χ4n) is 2.66. The van der Waals surface area contributed by atoms with Gasteiger partial charge in [0, 0.05) is 7.05 Å². The maximum absolute atomic E-state index is 12.5. The molecule has 1 fully saturated rings. The van der Waals surface area contributed by atoms with Crippen LogP contribution < -0.4 is 11.2 Å². The van der Waals surface area contributed by atoms with Gasteiger partial charge in [-0.05, 0) is 12.8 Å². The summed E-state index contributed by atoms with van der Waals surface area (Å²) in [5.74, 6) is -0.452. The van der Waals surface area contributed by atoms with Crippen LogP contribution in [-0.4, -0.2) is 31.8 Å². The molecule has 0 N–H and O–H groups in total. The van der Waals surface area contributed by atoms with Crippen LogP contribution in [0.1, 0.15) is 12.8 Å². The normalized spacial score (nSPS) is 15.5. The maximum Gasteiger partial charge on any atom is 0.333 e. The number of aryl methyl sites for hydroxylation is 1. The number of nitrogens with zero attached hydrogens (tertiary/aromatic N) is 5. The number of imidazole rings is 1. The molecule has 1 aliphatic rings. The first kappa shape index (κ1) is 14.1. The van der Waals surface area contributed by atoms with Crippen molar-refractivity contribution in [2.45, 2.75) is 24.9 Å². The van der Waals surface area contributed by atoms with E-state index in [4.69, 9.17) is 10.00 Å². The number of carbonyl (C=O) groups excluding carboxylic acids is 1. The molecule has 114 valence electrons. The predicted molar refractivity (Wildman–Crippen MR) is 74.1 cm³/mol. The van der Waals surface area contributed by atoms with Crippen molar-refractivity contribution < 1.29 is 9.53 Å². The van der Waals surface area contributed by atoms with E-state index < -0.39 is 22.8 Å². The molecule has 0 aliphatic heterocycles. The zero-order chi connectivity index (χ0) is 16.1. The zero-order valence-corrected chi connectivity index (χ0v) is 12.1. The molecule has 2 heterocycles. The van der Waals surface area contributed by atoms with Gasteiger partial charge >= 0.3 is 11.7 Å². The van der Waals surface area contributed by atoms with E-state index in [1.807, 2.05) is 0 Å². The molecule has 0 atom stereocenters. The Morgan fingerprint density at radius 2 is 2.18 bits per heavy atom. The van der Waals surface area contributed by atoms with Gasteiger partial charge in [-0.15, -0.1) is 0 Å². The third-order valence-corrected chi connectivity index (χ3v) is 4.01. The highest BCUT2D eigenvalue weighted by molar-refractivity contribution is 5.85. The average Bonchev–Trinajstić information content (AvgIpc) is 3.20. The number of hydrogen-bond donors (Lipinski definition) is 0. The van der Waals surface area contributed by atoms with Crippen LogP contribution in [0.3, 0.4) is 0 Å². The highest BCUT2D eigenvalue weighted by atomic mass is 16.5. The number of methoxy groups -OCH3 is 1. The van der Waals surface area contributed by atoms with Crippen LogP contribution in [0.2, 0.25) is 0 Å². The summed E-state index contributed by atoms with van der Waals surface area (Å²) >= 11 is 0. The first-order valence-corrected chi connectivity index (χ1v) is 6.60. The summed E-state index contributed by atoms with van der Waals surface area (Å²) in [6.45, 7) is -0.363. The number of carbonyl (C=O) groups is 1. The Morgan fingerprint density at radius 3 is 2.73 bits per heavy atom. The Morgan fingerprint density at radius 1 is 1.50 bits per heavy atom. The highest BCUT2D eigenvalue weighted by Crippen LogP contribution is 2.45. The van der Waals surface area contributed by atoms with Crippen molar-refractivity contribution in [2.75, 3.05) is 7.11 Å². The van der Waals surface area contributed by atoms with Crippen LogP contribution in [0.4, 0.5) is 0 Å². The lowest BCUT2D eigenvalue weighted by Gasteiger charge is -2.15. The molecule has 2 aromatic rings. The average molecular weight is 303 g/mol. The van der Waals surface area contributed by atoms with Crippen LogP contribution in [-0.2, 0) is 28.7 Å². The van der Waals surface area contributed by atoms with E-state index in [0.717, 1.165) is 4.57 Å². The molecule has 3 rings (SSSR count). The van der Waals surface area contributed by atoms with E-state index in [-0.39, 0.29) is 17.7 Å². The minimum atomic E-state index is -0.940. The third-order valence-electron chi connectivity index (χ3n) is 4.01. The van der Waals surface area contributed by atoms with Gasteiger partial charge in [0.05, 0.1) is 19.5 Å². The zero-order valence-electron chi connectivity index (χ0n) is 12.1. The van der Waals surface area contributed by atoms with Gasteiger partial charge in [0.2, 0.25) is 0 Å². The van der Waals surface area contributed by atoms with Crippen molar-refractivity contribution in [3.8, 4) is 6.07 Å². The standard InChI is InChI=1S/C13H13N5O4/c1-16-9-8(10(19)17(6-5-14)12(16)21)18(7-15-9)13(3-4-13)11(20)22-2/h7H,3-4,6H2,1-2H3. The summed E-state index contributed by atoms with van der Waals surface area (Å²) in [7, 11) is 2.75. The second kappa shape index (κ2) is 4.56. The number of ether oxygens (including phenoxy) is 1. The summed E-state index contributed by atoms with van der Waals surface area (Å²) in [4.78, 5) is 40.7. The lowest BCUT2D eigenvalue weighted by Crippen LogP contribution is -2.40. The molecular weight excluding hydrogens is 290 g/mol. The van der Waals surface area contributed by atoms with Gasteiger partial charge in [0.1, 0.15) is 12.1 Å². The fraction of sp³-hybridized carbons (Fsp3) is 0.462. The van der Waals surface area contributed by atoms with E-state index in [0.29, 0.717) is 12.8 Å². The van der Waals surface area contributed by atoms with Gasteiger partial charge < -0.3 is 9.30 Å². The van der Waals surface area contributed by atoms with Gasteiger partial charge in [0.15, 0.2) is 11.2 Å². The van der Waals surface area contributed by atoms with Crippen LogP contribution in [0.25, 0.3) is 11.2 Å². The molecule has 0 saturated heterocycles. The Labute approximate surface area is 124 Å². The number of fused-ring (bicyclic) bond motifs is 1. The van der Waals surface area contributed by atoms with Crippen LogP contribution in [0.5, 0.6) is 0 Å². The van der Waals surface area contributed by atoms with Gasteiger partial charge in [-0.1, -0.05) is 0 Å². The summed E-state index contributed by atoms with van der Waals surface area (Å²) in [5.41, 5.74) is -1.89. The minimum absolute atomic E-state index is 0.125. The van der Waals surface area contributed by atoms with Crippen molar-refractivity contribution in [1.82, 2.24) is 18.7 Å². The summed E-state index contributed by atoms with van der Waals surface area (Å²) in [6.07, 6.45) is 2.43. The molecule has 1 aliphatic carbocycles. The van der Waals surface area contributed by atoms with Crippen molar-refractivity contribution in [2.24, 2.45) is 7.05 Å². The van der Waals surface area contributed by atoms with Crippen LogP contribution >= 0.6 is 0 Å². The van der Waals surface area contributed by atoms with Crippen molar-refractivity contribution >= 4 is 17.1 Å². The first-order chi connectivity index (χ1) is 10.5. The molecule has 0 unspecified atom stereocenters. The first-order valence-electron chi connectivity index (χ1n) is 6.60. The molecule has 2 aromatic heterocycles. The number of esters is 1. The maximum atomic E-state index is 12.5. The second-order valence-corrected chi connectivity index (χ2v) is 5.20. The van der Waals surface area contributed by atoms with Crippen molar-refractivity contribution in [1.29, 1.82) is 5.26 Å². The molecule has 0 spiro atoms. The van der Waals surface area contributed by atoms with Crippen LogP contribution in [0, 0.1) is 11.3 Å². The predicted octanol–water partition coefficient (Wildman–Crippen LogP) is -0.918. The summed E-state index contributed by atoms with van der Waals surface area (Å²) in [5, 5.41) is 8.80. The molecular formula is C13H13N5O4. The number of rotatable bonds is 3. The van der Waals surface area contributed by atoms with Gasteiger partial charge in [-0.25, -0.2) is 19.1 Å². The molecule has 9 heteroatoms. The molecule has 0 bridgehead atoms. The monoisotopic (exact) mass is 303 g/mol. The fourth-order valence-corrected chi connectivity index (χ4v) is 2.66. The van der Waals surface area contributed by atoms with E-state index in [1.165, 1.54) is 29.6 Å². The quantitative estimate of drug-likeness (QED) is 0.678. The summed E-state index contributed by atoms with van der Waals surface area (Å²) < 4.78 is 8.29. The Kier molecular flexibility index (Phi) is 2.91. The Hall–Kier alpha value is -2.89. The van der Waals surface area contributed by atoms with Crippen LogP contribution in [0.15, 0.2) is 15.9 Å². The lowest BCUT2D eigenvalue weighted by molar-refractivity contribution is -0.146. The molecule has 0 aromatic carbocycles. The van der Waals surface area contributed by atoms with E-state index >= 15 is 0 Å². The summed E-state index contributed by atoms with van der Waals surface area (Å²) in [6, 6.07) is 1.79. The Balaban J connectivity index is 2.37. The van der Waals surface area contributed by atoms with Gasteiger partial charge in [-0.3, -0.25) is 9.36 Å². The van der Waals surface area contributed by atoms with E-state index in [1.54, 1.807) is 6.07 Å². The second-order valence-electron chi connectivity index (χ2n) is 5.20. The molecule has 0 radical (unpaired) electrons. The van der Waals surface area contributed by atoms with E-state index in [2.05, 4.69) is 4.98 Å². The number of aromatic nitrogens is 4. The lowest BCUT2D eigenvalue weighted by atomic mass is 10.2. The molecule has 22 heavy (non-hydrogen) atoms. The molecule has 0 amide bonds. The van der Waals surface area contributed by atoms with Crippen molar-refractivity contribution in [3.05, 3.63) is 27.2 Å².